The van der Waals surface area contributed by atoms with Crippen LogP contribution < -0.4 is 15.9 Å². The highest BCUT2D eigenvalue weighted by Crippen LogP contribution is 2.55. The molecule has 174 valence electrons. The molecule has 3 aromatic rings. The van der Waals surface area contributed by atoms with Gasteiger partial charge in [0.05, 0.1) is 6.16 Å². The molecule has 0 aromatic heterocycles. The number of alkyl halides is 1. The highest BCUT2D eigenvalue weighted by atomic mass is 79.9. The fourth-order valence-electron chi connectivity index (χ4n) is 4.58. The van der Waals surface area contributed by atoms with Crippen molar-refractivity contribution in [3.8, 4) is 0 Å². The number of unbranched alkanes of at least 4 members (excludes halogenated alkanes) is 8. The van der Waals surface area contributed by atoms with Crippen molar-refractivity contribution >= 4 is 39.1 Å². The van der Waals surface area contributed by atoms with E-state index in [1.54, 1.807) is 0 Å². The molecule has 0 N–H and O–H groups in total. The smallest absolute Gasteiger partial charge is 0.0928 e. The summed E-state index contributed by atoms with van der Waals surface area (Å²) in [5, 5.41) is 5.55. The molecule has 2 heteroatoms. The molecular formula is C31H39BrP+. The topological polar surface area (TPSA) is 0 Å². The van der Waals surface area contributed by atoms with Crippen molar-refractivity contribution in [1.29, 1.82) is 0 Å². The van der Waals surface area contributed by atoms with E-state index in [1.165, 1.54) is 73.7 Å². The Balaban J connectivity index is 1.65. The van der Waals surface area contributed by atoms with Crippen LogP contribution in [0, 0.1) is 0 Å². The lowest BCUT2D eigenvalue weighted by Gasteiger charge is -2.26. The minimum atomic E-state index is -1.72. The number of halogens is 1. The van der Waals surface area contributed by atoms with Crippen molar-refractivity contribution in [2.75, 3.05) is 11.5 Å². The highest BCUT2D eigenvalue weighted by Gasteiger charge is 2.43. The van der Waals surface area contributed by atoms with Crippen molar-refractivity contribution < 1.29 is 0 Å². The normalized spacial score (nSPS) is 11.8. The van der Waals surface area contributed by atoms with Crippen LogP contribution in [0.1, 0.15) is 57.8 Å². The largest absolute Gasteiger partial charge is 0.115 e. The SMILES string of the molecule is BrCCCCCCCCCCC=CC[P+](c1ccccc1)(c1ccccc1)c1ccccc1. The van der Waals surface area contributed by atoms with Gasteiger partial charge in [0.1, 0.15) is 23.2 Å². The molecule has 0 nitrogen and oxygen atoms in total. The van der Waals surface area contributed by atoms with E-state index in [0.29, 0.717) is 0 Å². The first-order valence-corrected chi connectivity index (χ1v) is 15.7. The molecule has 0 atom stereocenters. The maximum atomic E-state index is 3.52. The van der Waals surface area contributed by atoms with Crippen LogP contribution >= 0.6 is 23.2 Å². The highest BCUT2D eigenvalue weighted by molar-refractivity contribution is 9.09. The zero-order chi connectivity index (χ0) is 23.0. The fraction of sp³-hybridized carbons (Fsp3) is 0.355. The molecule has 33 heavy (non-hydrogen) atoms. The van der Waals surface area contributed by atoms with E-state index < -0.39 is 7.26 Å². The average Bonchev–Trinajstić information content (AvgIpc) is 2.89. The molecular weight excluding hydrogens is 483 g/mol. The molecule has 0 heterocycles. The van der Waals surface area contributed by atoms with E-state index >= 15 is 0 Å². The molecule has 3 rings (SSSR count). The maximum Gasteiger partial charge on any atom is 0.115 e. The van der Waals surface area contributed by atoms with E-state index in [4.69, 9.17) is 0 Å². The van der Waals surface area contributed by atoms with Crippen molar-refractivity contribution in [3.63, 3.8) is 0 Å². The molecule has 0 unspecified atom stereocenters. The molecule has 3 aromatic carbocycles. The van der Waals surface area contributed by atoms with Gasteiger partial charge in [-0.3, -0.25) is 0 Å². The number of allylic oxidation sites excluding steroid dienone is 2. The van der Waals surface area contributed by atoms with Crippen LogP contribution in [0.25, 0.3) is 0 Å². The fourth-order valence-corrected chi connectivity index (χ4v) is 9.01. The minimum absolute atomic E-state index is 1.08. The predicted octanol–water partition coefficient (Wildman–Crippen LogP) is 8.44. The molecule has 0 fully saturated rings. The van der Waals surface area contributed by atoms with Crippen LogP contribution in [-0.2, 0) is 0 Å². The van der Waals surface area contributed by atoms with Crippen LogP contribution in [0.3, 0.4) is 0 Å². The van der Waals surface area contributed by atoms with Gasteiger partial charge < -0.3 is 0 Å². The Morgan fingerprint density at radius 2 is 0.879 bits per heavy atom. The summed E-state index contributed by atoms with van der Waals surface area (Å²) in [6.45, 7) is 0. The van der Waals surface area contributed by atoms with Crippen molar-refractivity contribution in [2.45, 2.75) is 57.8 Å². The first-order chi connectivity index (χ1) is 16.4. The van der Waals surface area contributed by atoms with E-state index in [-0.39, 0.29) is 0 Å². The standard InChI is InChI=1S/C31H39BrP/c32-27-19-8-6-4-2-1-3-5-7-9-20-28-33(29-21-13-10-14-22-29,30-23-15-11-16-24-30)31-25-17-12-18-26-31/h9-18,20-26H,1-8,19,27-28H2/q+1. The van der Waals surface area contributed by atoms with E-state index in [2.05, 4.69) is 119 Å². The second-order valence-electron chi connectivity index (χ2n) is 8.78. The summed E-state index contributed by atoms with van der Waals surface area (Å²) in [6, 6.07) is 33.6. The second kappa shape index (κ2) is 15.3. The second-order valence-corrected chi connectivity index (χ2v) is 13.1. The lowest BCUT2D eigenvalue weighted by Crippen LogP contribution is -2.32. The van der Waals surface area contributed by atoms with Crippen molar-refractivity contribution in [1.82, 2.24) is 0 Å². The number of rotatable bonds is 15. The Kier molecular flexibility index (Phi) is 12.0. The first-order valence-electron chi connectivity index (χ1n) is 12.6. The zero-order valence-electron chi connectivity index (χ0n) is 19.9. The summed E-state index contributed by atoms with van der Waals surface area (Å²) < 4.78 is 0. The van der Waals surface area contributed by atoms with Crippen LogP contribution in [0.5, 0.6) is 0 Å². The number of hydrogen-bond acceptors (Lipinski definition) is 0. The minimum Gasteiger partial charge on any atom is -0.0928 e. The Labute approximate surface area is 211 Å². The van der Waals surface area contributed by atoms with E-state index in [1.807, 2.05) is 0 Å². The van der Waals surface area contributed by atoms with E-state index in [0.717, 1.165) is 11.5 Å². The summed E-state index contributed by atoms with van der Waals surface area (Å²) in [7, 11) is -1.72. The van der Waals surface area contributed by atoms with Gasteiger partial charge in [0.15, 0.2) is 0 Å². The monoisotopic (exact) mass is 521 g/mol. The van der Waals surface area contributed by atoms with Crippen LogP contribution in [0.2, 0.25) is 0 Å². The Morgan fingerprint density at radius 1 is 0.485 bits per heavy atom. The molecule has 0 bridgehead atoms. The number of hydrogen-bond donors (Lipinski definition) is 0. The summed E-state index contributed by atoms with van der Waals surface area (Å²) in [6.07, 6.45) is 18.2. The average molecular weight is 523 g/mol. The van der Waals surface area contributed by atoms with Gasteiger partial charge in [0.25, 0.3) is 0 Å². The van der Waals surface area contributed by atoms with Gasteiger partial charge in [0, 0.05) is 5.33 Å². The van der Waals surface area contributed by atoms with Gasteiger partial charge in [0.2, 0.25) is 0 Å². The van der Waals surface area contributed by atoms with Gasteiger partial charge in [-0.2, -0.15) is 0 Å². The third-order valence-corrected chi connectivity index (χ3v) is 11.2. The molecule has 0 saturated carbocycles. The van der Waals surface area contributed by atoms with Gasteiger partial charge in [-0.15, -0.1) is 0 Å². The van der Waals surface area contributed by atoms with Crippen molar-refractivity contribution in [2.24, 2.45) is 0 Å². The predicted molar refractivity (Wildman–Crippen MR) is 155 cm³/mol. The lowest BCUT2D eigenvalue weighted by molar-refractivity contribution is 0.579. The van der Waals surface area contributed by atoms with Gasteiger partial charge in [-0.25, -0.2) is 0 Å². The molecule has 0 amide bonds. The van der Waals surface area contributed by atoms with Crippen LogP contribution in [0.15, 0.2) is 103 Å². The summed E-state index contributed by atoms with van der Waals surface area (Å²) >= 11 is 3.52. The first kappa shape index (κ1) is 25.9. The Morgan fingerprint density at radius 3 is 1.30 bits per heavy atom. The zero-order valence-corrected chi connectivity index (χ0v) is 22.4. The third kappa shape index (κ3) is 7.94. The van der Waals surface area contributed by atoms with Gasteiger partial charge >= 0.3 is 0 Å². The van der Waals surface area contributed by atoms with Gasteiger partial charge in [-0.05, 0) is 55.7 Å². The van der Waals surface area contributed by atoms with E-state index in [9.17, 15) is 0 Å². The van der Waals surface area contributed by atoms with Crippen LogP contribution in [-0.4, -0.2) is 11.5 Å². The lowest BCUT2D eigenvalue weighted by atomic mass is 10.1. The Hall–Kier alpha value is -1.69. The molecule has 0 aliphatic carbocycles. The quantitative estimate of drug-likeness (QED) is 0.0813. The maximum absolute atomic E-state index is 3.52. The summed E-state index contributed by atoms with van der Waals surface area (Å²) in [5.41, 5.74) is 0. The van der Waals surface area contributed by atoms with Gasteiger partial charge in [-0.1, -0.05) is 121 Å². The summed E-state index contributed by atoms with van der Waals surface area (Å²) in [5.74, 6) is 0. The van der Waals surface area contributed by atoms with Crippen LogP contribution in [0.4, 0.5) is 0 Å². The molecule has 0 aliphatic rings. The molecule has 0 radical (unpaired) electrons. The molecule has 0 spiro atoms. The Bertz CT molecular complexity index is 809. The molecule has 0 saturated heterocycles. The van der Waals surface area contributed by atoms with Crippen molar-refractivity contribution in [3.05, 3.63) is 103 Å². The molecule has 0 aliphatic heterocycles. The third-order valence-electron chi connectivity index (χ3n) is 6.39. The summed E-state index contributed by atoms with van der Waals surface area (Å²) in [4.78, 5) is 0. The number of benzene rings is 3.